The van der Waals surface area contributed by atoms with Crippen LogP contribution in [0.25, 0.3) is 0 Å². The van der Waals surface area contributed by atoms with Gasteiger partial charge in [-0.05, 0) is 25.1 Å². The summed E-state index contributed by atoms with van der Waals surface area (Å²) >= 11 is 5.94. The van der Waals surface area contributed by atoms with Crippen molar-refractivity contribution in [2.45, 2.75) is 19.9 Å². The van der Waals surface area contributed by atoms with E-state index in [0.717, 1.165) is 0 Å². The van der Waals surface area contributed by atoms with Gasteiger partial charge in [0, 0.05) is 12.6 Å². The van der Waals surface area contributed by atoms with E-state index < -0.39 is 6.04 Å². The molecule has 0 radical (unpaired) electrons. The maximum Gasteiger partial charge on any atom is 0.240 e. The third-order valence-electron chi connectivity index (χ3n) is 1.96. The molecule has 100 valence electrons. The first-order chi connectivity index (χ1) is 7.90. The number of amides is 2. The average Bonchev–Trinajstić information content (AvgIpc) is 2.21. The average molecular weight is 292 g/mol. The number of nitrogens with two attached hydrogens (primary N) is 1. The molecule has 1 rings (SSSR count). The van der Waals surface area contributed by atoms with Crippen LogP contribution in [0.2, 0.25) is 5.02 Å². The Labute approximate surface area is 116 Å². The van der Waals surface area contributed by atoms with E-state index >= 15 is 0 Å². The molecule has 1 aromatic rings. The van der Waals surface area contributed by atoms with Gasteiger partial charge in [0.05, 0.1) is 16.8 Å². The Bertz CT molecular complexity index is 450. The van der Waals surface area contributed by atoms with Gasteiger partial charge in [-0.1, -0.05) is 11.6 Å². The molecule has 1 atom stereocenters. The molecule has 5 nitrogen and oxygen atoms in total. The molecule has 2 amide bonds. The van der Waals surface area contributed by atoms with E-state index in [1.54, 1.807) is 25.1 Å². The third-order valence-corrected chi connectivity index (χ3v) is 2.27. The first-order valence-corrected chi connectivity index (χ1v) is 5.41. The number of rotatable bonds is 3. The molecule has 0 aromatic heterocycles. The maximum absolute atomic E-state index is 11.3. The van der Waals surface area contributed by atoms with Crippen LogP contribution in [0.1, 0.15) is 13.8 Å². The fraction of sp³-hybridized carbons (Fsp3) is 0.273. The van der Waals surface area contributed by atoms with E-state index in [0.29, 0.717) is 16.4 Å². The molecule has 0 aliphatic carbocycles. The lowest BCUT2D eigenvalue weighted by molar-refractivity contribution is -0.117. The lowest BCUT2D eigenvalue weighted by atomic mass is 10.2. The predicted molar refractivity (Wildman–Crippen MR) is 75.3 cm³/mol. The van der Waals surface area contributed by atoms with Crippen LogP contribution in [0.3, 0.4) is 0 Å². The van der Waals surface area contributed by atoms with E-state index in [1.807, 2.05) is 0 Å². The summed E-state index contributed by atoms with van der Waals surface area (Å²) in [6.45, 7) is 2.98. The van der Waals surface area contributed by atoms with Crippen LogP contribution in [0.4, 0.5) is 11.4 Å². The minimum absolute atomic E-state index is 0. The Morgan fingerprint density at radius 3 is 2.39 bits per heavy atom. The number of carbonyl (C=O) groups excluding carboxylic acids is 2. The van der Waals surface area contributed by atoms with Gasteiger partial charge in [-0.25, -0.2) is 0 Å². The summed E-state index contributed by atoms with van der Waals surface area (Å²) in [5, 5.41) is 5.52. The second-order valence-electron chi connectivity index (χ2n) is 3.65. The number of carbonyl (C=O) groups is 2. The van der Waals surface area contributed by atoms with Crippen molar-refractivity contribution in [3.63, 3.8) is 0 Å². The Kier molecular flexibility index (Phi) is 6.68. The lowest BCUT2D eigenvalue weighted by Crippen LogP contribution is -2.32. The van der Waals surface area contributed by atoms with Gasteiger partial charge < -0.3 is 16.4 Å². The Morgan fingerprint density at radius 1 is 1.33 bits per heavy atom. The van der Waals surface area contributed by atoms with Crippen molar-refractivity contribution in [1.29, 1.82) is 0 Å². The maximum atomic E-state index is 11.3. The molecule has 0 bridgehead atoms. The smallest absolute Gasteiger partial charge is 0.240 e. The second kappa shape index (κ2) is 7.20. The van der Waals surface area contributed by atoms with Gasteiger partial charge in [0.15, 0.2) is 0 Å². The summed E-state index contributed by atoms with van der Waals surface area (Å²) in [6, 6.07) is 4.20. The highest BCUT2D eigenvalue weighted by Crippen LogP contribution is 2.25. The van der Waals surface area contributed by atoms with Gasteiger partial charge in [-0.3, -0.25) is 9.59 Å². The van der Waals surface area contributed by atoms with E-state index in [4.69, 9.17) is 17.3 Å². The van der Waals surface area contributed by atoms with Crippen LogP contribution in [0.15, 0.2) is 18.2 Å². The van der Waals surface area contributed by atoms with Crippen molar-refractivity contribution in [2.24, 2.45) is 5.73 Å². The van der Waals surface area contributed by atoms with Crippen molar-refractivity contribution >= 4 is 47.2 Å². The first kappa shape index (κ1) is 16.7. The highest BCUT2D eigenvalue weighted by Gasteiger charge is 2.09. The molecule has 0 fully saturated rings. The van der Waals surface area contributed by atoms with Crippen LogP contribution in [0.5, 0.6) is 0 Å². The van der Waals surface area contributed by atoms with Crippen LogP contribution in [0, 0.1) is 0 Å². The van der Waals surface area contributed by atoms with Gasteiger partial charge in [-0.2, -0.15) is 0 Å². The summed E-state index contributed by atoms with van der Waals surface area (Å²) in [5.74, 6) is -0.507. The summed E-state index contributed by atoms with van der Waals surface area (Å²) in [7, 11) is 0. The van der Waals surface area contributed by atoms with E-state index in [2.05, 4.69) is 10.6 Å². The quantitative estimate of drug-likeness (QED) is 0.796. The molecule has 0 unspecified atom stereocenters. The van der Waals surface area contributed by atoms with Gasteiger partial charge >= 0.3 is 0 Å². The van der Waals surface area contributed by atoms with Crippen LogP contribution in [-0.2, 0) is 9.59 Å². The number of anilines is 2. The molecule has 0 spiro atoms. The second-order valence-corrected chi connectivity index (χ2v) is 4.06. The number of hydrogen-bond acceptors (Lipinski definition) is 3. The molecular weight excluding hydrogens is 277 g/mol. The minimum Gasteiger partial charge on any atom is -0.325 e. The molecule has 0 aliphatic rings. The van der Waals surface area contributed by atoms with Gasteiger partial charge in [0.25, 0.3) is 0 Å². The largest absolute Gasteiger partial charge is 0.325 e. The van der Waals surface area contributed by atoms with E-state index in [1.165, 1.54) is 6.92 Å². The fourth-order valence-electron chi connectivity index (χ4n) is 1.14. The van der Waals surface area contributed by atoms with Crippen molar-refractivity contribution in [3.05, 3.63) is 23.2 Å². The van der Waals surface area contributed by atoms with Gasteiger partial charge in [-0.15, -0.1) is 12.4 Å². The van der Waals surface area contributed by atoms with Crippen molar-refractivity contribution in [2.75, 3.05) is 10.6 Å². The van der Waals surface area contributed by atoms with Crippen molar-refractivity contribution in [3.8, 4) is 0 Å². The standard InChI is InChI=1S/C11H14ClN3O2.ClH/c1-6(13)11(17)15-8-3-4-10(9(12)5-8)14-7(2)16;/h3-6H,13H2,1-2H3,(H,14,16)(H,15,17);1H/t6-;/m1./s1. The topological polar surface area (TPSA) is 84.2 Å². The van der Waals surface area contributed by atoms with Crippen LogP contribution >= 0.6 is 24.0 Å². The van der Waals surface area contributed by atoms with Crippen molar-refractivity contribution < 1.29 is 9.59 Å². The zero-order valence-electron chi connectivity index (χ0n) is 9.99. The molecule has 0 aliphatic heterocycles. The fourth-order valence-corrected chi connectivity index (χ4v) is 1.37. The normalized spacial score (nSPS) is 11.1. The highest BCUT2D eigenvalue weighted by molar-refractivity contribution is 6.34. The van der Waals surface area contributed by atoms with Crippen LogP contribution < -0.4 is 16.4 Å². The molecule has 4 N–H and O–H groups in total. The molecule has 0 saturated heterocycles. The van der Waals surface area contributed by atoms with Gasteiger partial charge in [0.2, 0.25) is 11.8 Å². The molecule has 7 heteroatoms. The minimum atomic E-state index is -0.594. The predicted octanol–water partition coefficient (Wildman–Crippen LogP) is 2.01. The zero-order valence-corrected chi connectivity index (χ0v) is 11.6. The molecule has 0 heterocycles. The van der Waals surface area contributed by atoms with Crippen LogP contribution in [-0.4, -0.2) is 17.9 Å². The van der Waals surface area contributed by atoms with Gasteiger partial charge in [0.1, 0.15) is 0 Å². The summed E-state index contributed by atoms with van der Waals surface area (Å²) in [4.78, 5) is 22.2. The number of nitrogens with one attached hydrogen (secondary N) is 2. The molecule has 18 heavy (non-hydrogen) atoms. The third kappa shape index (κ3) is 4.91. The molecular formula is C11H15Cl2N3O2. The number of benzene rings is 1. The Hall–Kier alpha value is -1.30. The summed E-state index contributed by atoms with van der Waals surface area (Å²) in [6.07, 6.45) is 0. The Morgan fingerprint density at radius 2 is 1.94 bits per heavy atom. The monoisotopic (exact) mass is 291 g/mol. The first-order valence-electron chi connectivity index (χ1n) is 5.03. The zero-order chi connectivity index (χ0) is 13.0. The SMILES string of the molecule is CC(=O)Nc1ccc(NC(=O)[C@@H](C)N)cc1Cl.Cl. The number of hydrogen-bond donors (Lipinski definition) is 3. The summed E-state index contributed by atoms with van der Waals surface area (Å²) in [5.41, 5.74) is 6.45. The Balaban J connectivity index is 0.00000289. The van der Waals surface area contributed by atoms with Crippen molar-refractivity contribution in [1.82, 2.24) is 0 Å². The number of halogens is 2. The van der Waals surface area contributed by atoms with E-state index in [-0.39, 0.29) is 24.2 Å². The summed E-state index contributed by atoms with van der Waals surface area (Å²) < 4.78 is 0. The molecule has 1 aromatic carbocycles. The lowest BCUT2D eigenvalue weighted by Gasteiger charge is -2.10. The highest BCUT2D eigenvalue weighted by atomic mass is 35.5. The van der Waals surface area contributed by atoms with E-state index in [9.17, 15) is 9.59 Å². The molecule has 0 saturated carbocycles.